The van der Waals surface area contributed by atoms with Crippen molar-refractivity contribution in [3.63, 3.8) is 0 Å². The molecule has 0 spiro atoms. The van der Waals surface area contributed by atoms with Gasteiger partial charge >= 0.3 is 15.9 Å². The van der Waals surface area contributed by atoms with Crippen LogP contribution in [0.1, 0.15) is 0 Å². The van der Waals surface area contributed by atoms with Crippen LogP contribution in [0.2, 0.25) is 0 Å². The molecule has 0 aliphatic carbocycles. The topological polar surface area (TPSA) is 130 Å². The van der Waals surface area contributed by atoms with E-state index in [4.69, 9.17) is 9.42 Å². The van der Waals surface area contributed by atoms with Crippen LogP contribution in [0, 0.1) is 0 Å². The number of hydrogen-bond donors (Lipinski definition) is 3. The molecule has 0 saturated heterocycles. The lowest BCUT2D eigenvalue weighted by Gasteiger charge is -2.12. The van der Waals surface area contributed by atoms with Gasteiger partial charge in [-0.15, -0.1) is 4.89 Å². The standard InChI is InChI=1S/C24H16N2O6P2/c27-33(28)32-17-5-1-15(2-6-17)19-11-13-25-23-21(19)9-10-22-20(12-14-26-24(22)23)16-3-7-18(8-4-16)34(29,30)31/h1-14H,(H2-,27,28,29,30,31)/p+1. The Bertz CT molecular complexity index is 1600. The Balaban J connectivity index is 1.62. The van der Waals surface area contributed by atoms with Crippen LogP contribution in [-0.4, -0.2) is 24.6 Å². The zero-order valence-corrected chi connectivity index (χ0v) is 19.2. The fraction of sp³-hybridized carbons (Fsp3) is 0. The summed E-state index contributed by atoms with van der Waals surface area (Å²) in [6, 6.07) is 20.8. The molecule has 1 atom stereocenters. The maximum absolute atomic E-state index is 11.5. The van der Waals surface area contributed by atoms with Crippen molar-refractivity contribution < 1.29 is 28.3 Å². The van der Waals surface area contributed by atoms with Crippen molar-refractivity contribution >= 4 is 43.0 Å². The number of fused-ring (bicyclic) bond motifs is 3. The first-order valence-corrected chi connectivity index (χ1v) is 12.8. The Morgan fingerprint density at radius 3 is 1.62 bits per heavy atom. The van der Waals surface area contributed by atoms with Crippen LogP contribution in [0.5, 0.6) is 5.75 Å². The van der Waals surface area contributed by atoms with E-state index in [0.29, 0.717) is 16.8 Å². The SMILES string of the molecule is O=[P+](O)Oc1ccc(-c2ccnc3c2ccc2c(-c4ccc(P(=O)(O)O)cc4)ccnc23)cc1. The number of benzene rings is 3. The molecule has 5 aromatic rings. The second kappa shape index (κ2) is 8.69. The molecule has 34 heavy (non-hydrogen) atoms. The summed E-state index contributed by atoms with van der Waals surface area (Å²) >= 11 is 0. The molecular formula is C24H17N2O6P2+. The molecule has 168 valence electrons. The lowest BCUT2D eigenvalue weighted by Crippen LogP contribution is -2.02. The van der Waals surface area contributed by atoms with Crippen LogP contribution in [0.25, 0.3) is 44.1 Å². The minimum absolute atomic E-state index is 0.0337. The maximum atomic E-state index is 11.5. The molecule has 0 bridgehead atoms. The number of aromatic nitrogens is 2. The molecule has 10 heteroatoms. The van der Waals surface area contributed by atoms with Gasteiger partial charge in [0.25, 0.3) is 0 Å². The van der Waals surface area contributed by atoms with Crippen molar-refractivity contribution in [1.29, 1.82) is 0 Å². The van der Waals surface area contributed by atoms with E-state index < -0.39 is 15.9 Å². The van der Waals surface area contributed by atoms with Gasteiger partial charge < -0.3 is 9.79 Å². The van der Waals surface area contributed by atoms with Crippen molar-refractivity contribution in [2.75, 3.05) is 0 Å². The maximum Gasteiger partial charge on any atom is 0.747 e. The van der Waals surface area contributed by atoms with E-state index in [-0.39, 0.29) is 5.30 Å². The zero-order valence-electron chi connectivity index (χ0n) is 17.4. The molecule has 0 radical (unpaired) electrons. The van der Waals surface area contributed by atoms with Gasteiger partial charge in [0.15, 0.2) is 5.75 Å². The van der Waals surface area contributed by atoms with Crippen LogP contribution in [-0.2, 0) is 9.13 Å². The normalized spacial score (nSPS) is 12.1. The van der Waals surface area contributed by atoms with Crippen molar-refractivity contribution in [2.45, 2.75) is 0 Å². The van der Waals surface area contributed by atoms with Gasteiger partial charge in [-0.2, -0.15) is 0 Å². The largest absolute Gasteiger partial charge is 0.747 e. The van der Waals surface area contributed by atoms with Gasteiger partial charge in [0.1, 0.15) is 0 Å². The van der Waals surface area contributed by atoms with E-state index in [1.807, 2.05) is 24.3 Å². The summed E-state index contributed by atoms with van der Waals surface area (Å²) < 4.78 is 27.2. The molecule has 2 heterocycles. The summed E-state index contributed by atoms with van der Waals surface area (Å²) in [6.07, 6.45) is 3.39. The van der Waals surface area contributed by atoms with Gasteiger partial charge in [0, 0.05) is 27.7 Å². The number of hydrogen-bond acceptors (Lipinski definition) is 5. The number of rotatable bonds is 5. The van der Waals surface area contributed by atoms with Gasteiger partial charge in [-0.05, 0) is 58.7 Å². The monoisotopic (exact) mass is 491 g/mol. The second-order valence-electron chi connectivity index (χ2n) is 7.52. The minimum Gasteiger partial charge on any atom is -0.321 e. The first kappa shape index (κ1) is 22.3. The van der Waals surface area contributed by atoms with E-state index in [2.05, 4.69) is 9.97 Å². The molecule has 1 unspecified atom stereocenters. The lowest BCUT2D eigenvalue weighted by atomic mass is 9.96. The highest BCUT2D eigenvalue weighted by Crippen LogP contribution is 2.37. The summed E-state index contributed by atoms with van der Waals surface area (Å²) in [6.45, 7) is 0. The average Bonchev–Trinajstić information content (AvgIpc) is 2.83. The van der Waals surface area contributed by atoms with Gasteiger partial charge in [-0.1, -0.05) is 36.4 Å². The Hall–Kier alpha value is -3.51. The van der Waals surface area contributed by atoms with Crippen molar-refractivity contribution in [1.82, 2.24) is 9.97 Å². The van der Waals surface area contributed by atoms with E-state index in [0.717, 1.165) is 33.0 Å². The third-order valence-corrected chi connectivity index (χ3v) is 6.82. The predicted octanol–water partition coefficient (Wildman–Crippen LogP) is 4.95. The predicted molar refractivity (Wildman–Crippen MR) is 130 cm³/mol. The summed E-state index contributed by atoms with van der Waals surface area (Å²) in [5, 5.41) is 1.71. The van der Waals surface area contributed by atoms with E-state index in [1.54, 1.807) is 48.8 Å². The first-order valence-electron chi connectivity index (χ1n) is 10.1. The highest BCUT2D eigenvalue weighted by Gasteiger charge is 2.18. The third-order valence-electron chi connectivity index (χ3n) is 5.48. The Kier molecular flexibility index (Phi) is 5.70. The van der Waals surface area contributed by atoms with Gasteiger partial charge in [0.05, 0.1) is 16.3 Å². The lowest BCUT2D eigenvalue weighted by molar-refractivity contribution is 0.387. The van der Waals surface area contributed by atoms with E-state index >= 15 is 0 Å². The minimum atomic E-state index is -4.31. The van der Waals surface area contributed by atoms with E-state index in [1.165, 1.54) is 12.1 Å². The fourth-order valence-electron chi connectivity index (χ4n) is 3.95. The van der Waals surface area contributed by atoms with Crippen molar-refractivity contribution in [3.05, 3.63) is 85.2 Å². The summed E-state index contributed by atoms with van der Waals surface area (Å²) in [4.78, 5) is 36.8. The smallest absolute Gasteiger partial charge is 0.321 e. The molecular weight excluding hydrogens is 474 g/mol. The van der Waals surface area contributed by atoms with Crippen LogP contribution < -0.4 is 9.83 Å². The highest BCUT2D eigenvalue weighted by atomic mass is 31.2. The van der Waals surface area contributed by atoms with E-state index in [9.17, 15) is 18.9 Å². The van der Waals surface area contributed by atoms with Gasteiger partial charge in [-0.25, -0.2) is 4.52 Å². The molecule has 0 amide bonds. The number of pyridine rings is 2. The van der Waals surface area contributed by atoms with Gasteiger partial charge in [-0.3, -0.25) is 14.5 Å². The van der Waals surface area contributed by atoms with Gasteiger partial charge in [0.2, 0.25) is 0 Å². The molecule has 2 aromatic heterocycles. The number of nitrogens with zero attached hydrogens (tertiary/aromatic N) is 2. The Morgan fingerprint density at radius 2 is 1.18 bits per heavy atom. The second-order valence-corrected chi connectivity index (χ2v) is 9.78. The molecule has 8 nitrogen and oxygen atoms in total. The third kappa shape index (κ3) is 4.21. The molecule has 3 aromatic carbocycles. The van der Waals surface area contributed by atoms with Crippen LogP contribution in [0.15, 0.2) is 85.2 Å². The average molecular weight is 491 g/mol. The molecule has 0 aliphatic rings. The molecule has 0 fully saturated rings. The summed E-state index contributed by atoms with van der Waals surface area (Å²) in [5.41, 5.74) is 4.89. The quantitative estimate of drug-likeness (QED) is 0.233. The summed E-state index contributed by atoms with van der Waals surface area (Å²) in [7, 11) is -7.04. The van der Waals surface area contributed by atoms with Crippen molar-refractivity contribution in [2.24, 2.45) is 0 Å². The molecule has 5 rings (SSSR count). The van der Waals surface area contributed by atoms with Crippen LogP contribution in [0.3, 0.4) is 0 Å². The zero-order chi connectivity index (χ0) is 23.9. The Morgan fingerprint density at radius 1 is 0.706 bits per heavy atom. The first-order chi connectivity index (χ1) is 16.3. The molecule has 3 N–H and O–H groups in total. The van der Waals surface area contributed by atoms with Crippen LogP contribution in [0.4, 0.5) is 0 Å². The Labute approximate surface area is 194 Å². The highest BCUT2D eigenvalue weighted by molar-refractivity contribution is 7.60. The summed E-state index contributed by atoms with van der Waals surface area (Å²) in [5.74, 6) is 0.298. The fourth-order valence-corrected chi connectivity index (χ4v) is 4.79. The van der Waals surface area contributed by atoms with Crippen LogP contribution >= 0.6 is 15.9 Å². The molecule has 0 aliphatic heterocycles. The van der Waals surface area contributed by atoms with Crippen molar-refractivity contribution in [3.8, 4) is 28.0 Å². The molecule has 0 saturated carbocycles.